The lowest BCUT2D eigenvalue weighted by Crippen LogP contribution is -2.34. The average Bonchev–Trinajstić information content (AvgIpc) is 2.81. The Morgan fingerprint density at radius 3 is 2.53 bits per heavy atom. The van der Waals surface area contributed by atoms with Crippen LogP contribution < -0.4 is 4.72 Å². The van der Waals surface area contributed by atoms with Gasteiger partial charge >= 0.3 is 0 Å². The third-order valence-electron chi connectivity index (χ3n) is 2.60. The largest absolute Gasteiger partial charge is 0.472 e. The number of hydrogen-bond acceptors (Lipinski definition) is 3. The molecule has 1 atom stereocenters. The van der Waals surface area contributed by atoms with Crippen molar-refractivity contribution in [3.8, 4) is 0 Å². The first-order chi connectivity index (χ1) is 8.97. The van der Waals surface area contributed by atoms with Gasteiger partial charge < -0.3 is 4.42 Å². The highest BCUT2D eigenvalue weighted by atomic mass is 35.5. The second-order valence-corrected chi connectivity index (χ2v) is 6.46. The van der Waals surface area contributed by atoms with Crippen molar-refractivity contribution >= 4 is 21.6 Å². The molecule has 102 valence electrons. The molecule has 0 amide bonds. The van der Waals surface area contributed by atoms with Crippen LogP contribution >= 0.6 is 11.6 Å². The SMILES string of the molecule is CC(Cc1ccoc1)NS(=O)(=O)c1ccc(Cl)cc1. The summed E-state index contributed by atoms with van der Waals surface area (Å²) < 4.78 is 31.8. The molecule has 2 aromatic rings. The van der Waals surface area contributed by atoms with Gasteiger partial charge in [-0.2, -0.15) is 0 Å². The fourth-order valence-corrected chi connectivity index (χ4v) is 3.12. The molecule has 1 N–H and O–H groups in total. The Bertz CT molecular complexity index is 620. The van der Waals surface area contributed by atoms with Crippen molar-refractivity contribution in [1.29, 1.82) is 0 Å². The molecule has 0 aliphatic rings. The van der Waals surface area contributed by atoms with Gasteiger partial charge in [0, 0.05) is 11.1 Å². The second-order valence-electron chi connectivity index (χ2n) is 4.31. The number of rotatable bonds is 5. The molecule has 0 aliphatic heterocycles. The Hall–Kier alpha value is -1.30. The zero-order chi connectivity index (χ0) is 13.9. The molecule has 0 fully saturated rings. The number of sulfonamides is 1. The van der Waals surface area contributed by atoms with E-state index in [1.807, 2.05) is 6.07 Å². The minimum Gasteiger partial charge on any atom is -0.472 e. The zero-order valence-corrected chi connectivity index (χ0v) is 11.9. The van der Waals surface area contributed by atoms with Crippen LogP contribution in [0.5, 0.6) is 0 Å². The molecule has 6 heteroatoms. The molecule has 1 aromatic heterocycles. The Morgan fingerprint density at radius 1 is 1.26 bits per heavy atom. The summed E-state index contributed by atoms with van der Waals surface area (Å²) in [4.78, 5) is 0.205. The minimum atomic E-state index is -3.52. The highest BCUT2D eigenvalue weighted by Gasteiger charge is 2.17. The van der Waals surface area contributed by atoms with Crippen LogP contribution in [-0.2, 0) is 16.4 Å². The van der Waals surface area contributed by atoms with Crippen molar-refractivity contribution < 1.29 is 12.8 Å². The fourth-order valence-electron chi connectivity index (χ4n) is 1.75. The first kappa shape index (κ1) is 14.1. The predicted molar refractivity (Wildman–Crippen MR) is 73.6 cm³/mol. The monoisotopic (exact) mass is 299 g/mol. The van der Waals surface area contributed by atoms with Gasteiger partial charge in [0.2, 0.25) is 10.0 Å². The van der Waals surface area contributed by atoms with Crippen LogP contribution in [-0.4, -0.2) is 14.5 Å². The van der Waals surface area contributed by atoms with Crippen molar-refractivity contribution in [3.05, 3.63) is 53.4 Å². The van der Waals surface area contributed by atoms with E-state index in [-0.39, 0.29) is 10.9 Å². The van der Waals surface area contributed by atoms with E-state index in [9.17, 15) is 8.42 Å². The van der Waals surface area contributed by atoms with Crippen LogP contribution in [0.25, 0.3) is 0 Å². The van der Waals surface area contributed by atoms with E-state index < -0.39 is 10.0 Å². The molecule has 2 rings (SSSR count). The number of benzene rings is 1. The van der Waals surface area contributed by atoms with E-state index >= 15 is 0 Å². The Morgan fingerprint density at radius 2 is 1.95 bits per heavy atom. The molecular weight excluding hydrogens is 286 g/mol. The van der Waals surface area contributed by atoms with Crippen molar-refractivity contribution in [2.24, 2.45) is 0 Å². The summed E-state index contributed by atoms with van der Waals surface area (Å²) in [5.74, 6) is 0. The van der Waals surface area contributed by atoms with Gasteiger partial charge in [-0.3, -0.25) is 0 Å². The van der Waals surface area contributed by atoms with Crippen LogP contribution in [0.1, 0.15) is 12.5 Å². The van der Waals surface area contributed by atoms with Gasteiger partial charge in [0.1, 0.15) is 0 Å². The number of halogens is 1. The fraction of sp³-hybridized carbons (Fsp3) is 0.231. The van der Waals surface area contributed by atoms with Crippen LogP contribution in [0.4, 0.5) is 0 Å². The van der Waals surface area contributed by atoms with Crippen LogP contribution in [0.3, 0.4) is 0 Å². The van der Waals surface area contributed by atoms with E-state index in [0.717, 1.165) is 5.56 Å². The predicted octanol–water partition coefficient (Wildman–Crippen LogP) is 2.84. The third-order valence-corrected chi connectivity index (χ3v) is 4.46. The van der Waals surface area contributed by atoms with Gasteiger partial charge in [0.25, 0.3) is 0 Å². The molecule has 1 heterocycles. The van der Waals surface area contributed by atoms with Gasteiger partial charge in [-0.25, -0.2) is 13.1 Å². The summed E-state index contributed by atoms with van der Waals surface area (Å²) in [6.45, 7) is 1.81. The Labute approximate surface area is 117 Å². The molecule has 1 aromatic carbocycles. The van der Waals surface area contributed by atoms with Gasteiger partial charge in [0.05, 0.1) is 17.4 Å². The summed E-state index contributed by atoms with van der Waals surface area (Å²) in [5, 5.41) is 0.505. The summed E-state index contributed by atoms with van der Waals surface area (Å²) >= 11 is 5.74. The van der Waals surface area contributed by atoms with E-state index in [1.54, 1.807) is 31.6 Å². The molecule has 0 aliphatic carbocycles. The van der Waals surface area contributed by atoms with E-state index in [2.05, 4.69) is 4.72 Å². The molecule has 1 unspecified atom stereocenters. The molecular formula is C13H14ClNO3S. The first-order valence-electron chi connectivity index (χ1n) is 5.76. The van der Waals surface area contributed by atoms with Crippen LogP contribution in [0.2, 0.25) is 5.02 Å². The minimum absolute atomic E-state index is 0.205. The number of hydrogen-bond donors (Lipinski definition) is 1. The van der Waals surface area contributed by atoms with Crippen molar-refractivity contribution in [1.82, 2.24) is 4.72 Å². The van der Waals surface area contributed by atoms with E-state index in [0.29, 0.717) is 11.4 Å². The molecule has 4 nitrogen and oxygen atoms in total. The smallest absolute Gasteiger partial charge is 0.240 e. The topological polar surface area (TPSA) is 59.3 Å². The maximum Gasteiger partial charge on any atom is 0.240 e. The first-order valence-corrected chi connectivity index (χ1v) is 7.62. The maximum absolute atomic E-state index is 12.1. The zero-order valence-electron chi connectivity index (χ0n) is 10.3. The number of furan rings is 1. The lowest BCUT2D eigenvalue weighted by molar-refractivity contribution is 0.549. The molecule has 0 bridgehead atoms. The summed E-state index contributed by atoms with van der Waals surface area (Å²) in [6.07, 6.45) is 3.74. The standard InChI is InChI=1S/C13H14ClNO3S/c1-10(8-11-6-7-18-9-11)15-19(16,17)13-4-2-12(14)3-5-13/h2-7,9-10,15H,8H2,1H3. The normalized spacial score (nSPS) is 13.4. The van der Waals surface area contributed by atoms with Gasteiger partial charge in [-0.1, -0.05) is 11.6 Å². The van der Waals surface area contributed by atoms with Crippen molar-refractivity contribution in [2.45, 2.75) is 24.3 Å². The highest BCUT2D eigenvalue weighted by molar-refractivity contribution is 7.89. The lowest BCUT2D eigenvalue weighted by atomic mass is 10.1. The van der Waals surface area contributed by atoms with E-state index in [1.165, 1.54) is 12.1 Å². The number of nitrogens with one attached hydrogen (secondary N) is 1. The summed E-state index contributed by atoms with van der Waals surface area (Å²) in [7, 11) is -3.52. The van der Waals surface area contributed by atoms with Crippen molar-refractivity contribution in [3.63, 3.8) is 0 Å². The van der Waals surface area contributed by atoms with Gasteiger partial charge in [-0.05, 0) is 49.2 Å². The molecule has 0 spiro atoms. The lowest BCUT2D eigenvalue weighted by Gasteiger charge is -2.13. The molecule has 19 heavy (non-hydrogen) atoms. The quantitative estimate of drug-likeness (QED) is 0.923. The van der Waals surface area contributed by atoms with Crippen molar-refractivity contribution in [2.75, 3.05) is 0 Å². The third kappa shape index (κ3) is 3.83. The Kier molecular flexibility index (Phi) is 4.29. The highest BCUT2D eigenvalue weighted by Crippen LogP contribution is 2.15. The van der Waals surface area contributed by atoms with Crippen LogP contribution in [0.15, 0.2) is 52.2 Å². The van der Waals surface area contributed by atoms with Crippen LogP contribution in [0, 0.1) is 0 Å². The summed E-state index contributed by atoms with van der Waals surface area (Å²) in [5.41, 5.74) is 0.950. The molecule has 0 saturated heterocycles. The Balaban J connectivity index is 2.06. The maximum atomic E-state index is 12.1. The van der Waals surface area contributed by atoms with E-state index in [4.69, 9.17) is 16.0 Å². The van der Waals surface area contributed by atoms with Gasteiger partial charge in [-0.15, -0.1) is 0 Å². The average molecular weight is 300 g/mol. The summed E-state index contributed by atoms with van der Waals surface area (Å²) in [6, 6.07) is 7.66. The second kappa shape index (κ2) is 5.77. The molecule has 0 radical (unpaired) electrons. The molecule has 0 saturated carbocycles. The van der Waals surface area contributed by atoms with Gasteiger partial charge in [0.15, 0.2) is 0 Å².